The number of rotatable bonds is 6. The number of hydrogen-bond donors (Lipinski definition) is 0. The molecule has 0 saturated heterocycles. The number of hydrogen-bond acceptors (Lipinski definition) is 2. The van der Waals surface area contributed by atoms with Crippen molar-refractivity contribution < 1.29 is 12.8 Å². The first-order chi connectivity index (χ1) is 8.82. The molecule has 1 rings (SSSR count). The van der Waals surface area contributed by atoms with Gasteiger partial charge in [-0.25, -0.2) is 17.1 Å². The van der Waals surface area contributed by atoms with Gasteiger partial charge in [0, 0.05) is 19.5 Å². The Kier molecular flexibility index (Phi) is 5.77. The summed E-state index contributed by atoms with van der Waals surface area (Å²) < 4.78 is 39.6. The minimum Gasteiger partial charge on any atom is -0.207 e. The zero-order chi connectivity index (χ0) is 14.6. The topological polar surface area (TPSA) is 37.4 Å². The molecule has 0 fully saturated rings. The van der Waals surface area contributed by atoms with Gasteiger partial charge < -0.3 is 0 Å². The minimum atomic E-state index is -3.81. The molecule has 0 spiro atoms. The summed E-state index contributed by atoms with van der Waals surface area (Å²) in [6.07, 6.45) is 0.865. The summed E-state index contributed by atoms with van der Waals surface area (Å²) >= 11 is 5.66. The molecule has 0 bridgehead atoms. The normalized spacial score (nSPS) is 13.8. The minimum absolute atomic E-state index is 0.151. The monoisotopic (exact) mass is 307 g/mol. The maximum atomic E-state index is 13.7. The standard InChI is InChI=1S/C13H19ClFNO2S/c1-4-10(2)9-16(3)19(17,18)13-7-11(8-14)5-6-12(13)15/h5-7,10H,4,8-9H2,1-3H3. The van der Waals surface area contributed by atoms with Gasteiger partial charge in [0.1, 0.15) is 10.7 Å². The van der Waals surface area contributed by atoms with Gasteiger partial charge in [-0.15, -0.1) is 11.6 Å². The van der Waals surface area contributed by atoms with E-state index in [9.17, 15) is 12.8 Å². The predicted octanol–water partition coefficient (Wildman–Crippen LogP) is 3.23. The smallest absolute Gasteiger partial charge is 0.207 e. The molecule has 1 aromatic carbocycles. The van der Waals surface area contributed by atoms with Crippen molar-refractivity contribution in [3.8, 4) is 0 Å². The second-order valence-corrected chi connectivity index (χ2v) is 6.98. The molecule has 0 saturated carbocycles. The first-order valence-corrected chi connectivity index (χ1v) is 8.11. The highest BCUT2D eigenvalue weighted by Crippen LogP contribution is 2.21. The van der Waals surface area contributed by atoms with E-state index in [0.717, 1.165) is 12.5 Å². The van der Waals surface area contributed by atoms with Crippen LogP contribution in [-0.4, -0.2) is 26.3 Å². The summed E-state index contributed by atoms with van der Waals surface area (Å²) in [5.74, 6) is -0.373. The van der Waals surface area contributed by atoms with Gasteiger partial charge in [-0.05, 0) is 23.6 Å². The third-order valence-corrected chi connectivity index (χ3v) is 5.25. The van der Waals surface area contributed by atoms with E-state index >= 15 is 0 Å². The molecular weight excluding hydrogens is 289 g/mol. The van der Waals surface area contributed by atoms with Crippen molar-refractivity contribution in [1.29, 1.82) is 0 Å². The van der Waals surface area contributed by atoms with Crippen LogP contribution in [0.5, 0.6) is 0 Å². The van der Waals surface area contributed by atoms with Crippen LogP contribution in [0.2, 0.25) is 0 Å². The van der Waals surface area contributed by atoms with Gasteiger partial charge in [0.25, 0.3) is 0 Å². The maximum Gasteiger partial charge on any atom is 0.245 e. The Morgan fingerprint density at radius 2 is 2.05 bits per heavy atom. The van der Waals surface area contributed by atoms with Gasteiger partial charge in [0.2, 0.25) is 10.0 Å². The van der Waals surface area contributed by atoms with Gasteiger partial charge in [-0.3, -0.25) is 0 Å². The number of nitrogens with zero attached hydrogens (tertiary/aromatic N) is 1. The zero-order valence-corrected chi connectivity index (χ0v) is 12.9. The summed E-state index contributed by atoms with van der Waals surface area (Å²) in [7, 11) is -2.34. The Bertz CT molecular complexity index is 533. The van der Waals surface area contributed by atoms with Crippen LogP contribution in [-0.2, 0) is 15.9 Å². The lowest BCUT2D eigenvalue weighted by atomic mass is 10.1. The molecule has 19 heavy (non-hydrogen) atoms. The van der Waals surface area contributed by atoms with Crippen molar-refractivity contribution in [2.45, 2.75) is 31.0 Å². The van der Waals surface area contributed by atoms with Crippen LogP contribution in [0.3, 0.4) is 0 Å². The predicted molar refractivity (Wildman–Crippen MR) is 75.2 cm³/mol. The Balaban J connectivity index is 3.12. The lowest BCUT2D eigenvalue weighted by Gasteiger charge is -2.21. The summed E-state index contributed by atoms with van der Waals surface area (Å²) in [6.45, 7) is 4.31. The van der Waals surface area contributed by atoms with Crippen molar-refractivity contribution in [2.24, 2.45) is 5.92 Å². The fourth-order valence-corrected chi connectivity index (χ4v) is 3.23. The van der Waals surface area contributed by atoms with E-state index in [0.29, 0.717) is 12.1 Å². The van der Waals surface area contributed by atoms with Gasteiger partial charge in [-0.1, -0.05) is 26.3 Å². The fourth-order valence-electron chi connectivity index (χ4n) is 1.66. The van der Waals surface area contributed by atoms with Crippen LogP contribution in [0.15, 0.2) is 23.1 Å². The summed E-state index contributed by atoms with van der Waals surface area (Å²) in [5.41, 5.74) is 0.582. The number of alkyl halides is 1. The van der Waals surface area contributed by atoms with E-state index < -0.39 is 15.8 Å². The molecule has 0 heterocycles. The quantitative estimate of drug-likeness (QED) is 0.757. The third-order valence-electron chi connectivity index (χ3n) is 3.10. The third kappa shape index (κ3) is 3.91. The zero-order valence-electron chi connectivity index (χ0n) is 11.4. The molecular formula is C13H19ClFNO2S. The fraction of sp³-hybridized carbons (Fsp3) is 0.538. The van der Waals surface area contributed by atoms with Crippen LogP contribution >= 0.6 is 11.6 Å². The van der Waals surface area contributed by atoms with E-state index in [-0.39, 0.29) is 16.7 Å². The number of halogens is 2. The summed E-state index contributed by atoms with van der Waals surface area (Å²) in [5, 5.41) is 0. The van der Waals surface area contributed by atoms with Crippen LogP contribution in [0.1, 0.15) is 25.8 Å². The Labute approximate surface area is 119 Å². The van der Waals surface area contributed by atoms with Crippen LogP contribution < -0.4 is 0 Å². The SMILES string of the molecule is CCC(C)CN(C)S(=O)(=O)c1cc(CCl)ccc1F. The second-order valence-electron chi connectivity index (χ2n) is 4.70. The summed E-state index contributed by atoms with van der Waals surface area (Å²) in [4.78, 5) is -0.309. The van der Waals surface area contributed by atoms with Crippen LogP contribution in [0.4, 0.5) is 4.39 Å². The van der Waals surface area contributed by atoms with E-state index in [4.69, 9.17) is 11.6 Å². The molecule has 1 unspecified atom stereocenters. The highest BCUT2D eigenvalue weighted by molar-refractivity contribution is 7.89. The molecule has 1 atom stereocenters. The second kappa shape index (κ2) is 6.68. The van der Waals surface area contributed by atoms with Crippen LogP contribution in [0, 0.1) is 11.7 Å². The van der Waals surface area contributed by atoms with Crippen molar-refractivity contribution in [2.75, 3.05) is 13.6 Å². The molecule has 3 nitrogen and oxygen atoms in total. The first-order valence-electron chi connectivity index (χ1n) is 6.13. The molecule has 0 N–H and O–H groups in total. The average Bonchev–Trinajstić information content (AvgIpc) is 2.38. The molecule has 0 aliphatic carbocycles. The maximum absolute atomic E-state index is 13.7. The van der Waals surface area contributed by atoms with E-state index in [2.05, 4.69) is 0 Å². The van der Waals surface area contributed by atoms with Crippen molar-refractivity contribution in [3.05, 3.63) is 29.6 Å². The molecule has 0 aliphatic heterocycles. The molecule has 108 valence electrons. The van der Waals surface area contributed by atoms with Crippen LogP contribution in [0.25, 0.3) is 0 Å². The van der Waals surface area contributed by atoms with Crippen molar-refractivity contribution >= 4 is 21.6 Å². The van der Waals surface area contributed by atoms with Gasteiger partial charge in [-0.2, -0.15) is 0 Å². The Hall–Kier alpha value is -0.650. The van der Waals surface area contributed by atoms with Crippen molar-refractivity contribution in [1.82, 2.24) is 4.31 Å². The van der Waals surface area contributed by atoms with Gasteiger partial charge in [0.05, 0.1) is 0 Å². The van der Waals surface area contributed by atoms with E-state index in [1.165, 1.54) is 23.5 Å². The largest absolute Gasteiger partial charge is 0.245 e. The van der Waals surface area contributed by atoms with E-state index in [1.807, 2.05) is 13.8 Å². The number of benzene rings is 1. The average molecular weight is 308 g/mol. The number of sulfonamides is 1. The highest BCUT2D eigenvalue weighted by atomic mass is 35.5. The summed E-state index contributed by atoms with van der Waals surface area (Å²) in [6, 6.07) is 3.92. The lowest BCUT2D eigenvalue weighted by molar-refractivity contribution is 0.391. The lowest BCUT2D eigenvalue weighted by Crippen LogP contribution is -2.31. The van der Waals surface area contributed by atoms with Crippen molar-refractivity contribution in [3.63, 3.8) is 0 Å². The molecule has 0 amide bonds. The Morgan fingerprint density at radius 1 is 1.42 bits per heavy atom. The first kappa shape index (κ1) is 16.4. The van der Waals surface area contributed by atoms with Gasteiger partial charge in [0.15, 0.2) is 0 Å². The molecule has 6 heteroatoms. The molecule has 0 aromatic heterocycles. The van der Waals surface area contributed by atoms with Gasteiger partial charge >= 0.3 is 0 Å². The van der Waals surface area contributed by atoms with E-state index in [1.54, 1.807) is 0 Å². The molecule has 0 aliphatic rings. The molecule has 0 radical (unpaired) electrons. The molecule has 1 aromatic rings. The Morgan fingerprint density at radius 3 is 2.58 bits per heavy atom. The highest BCUT2D eigenvalue weighted by Gasteiger charge is 2.25.